The number of hydrogen-bond acceptors (Lipinski definition) is 3. The highest BCUT2D eigenvalue weighted by molar-refractivity contribution is 6.29. The molecular weight excluding hydrogens is 242 g/mol. The molecule has 0 spiro atoms. The van der Waals surface area contributed by atoms with Crippen LogP contribution in [-0.4, -0.2) is 21.8 Å². The number of pyridine rings is 1. The second kappa shape index (κ2) is 4.67. The van der Waals surface area contributed by atoms with Crippen molar-refractivity contribution >= 4 is 29.4 Å². The van der Waals surface area contributed by atoms with E-state index in [9.17, 15) is 9.59 Å². The van der Waals surface area contributed by atoms with Gasteiger partial charge in [-0.15, -0.1) is 0 Å². The van der Waals surface area contributed by atoms with E-state index < -0.39 is 5.97 Å². The molecule has 17 heavy (non-hydrogen) atoms. The van der Waals surface area contributed by atoms with Crippen LogP contribution in [0.5, 0.6) is 0 Å². The van der Waals surface area contributed by atoms with Crippen molar-refractivity contribution < 1.29 is 14.7 Å². The summed E-state index contributed by atoms with van der Waals surface area (Å²) in [5.74, 6) is -1.62. The normalized spacial score (nSPS) is 15.7. The number of Topliss-reactive ketones (excluding diaryl/α,β-unsaturated/α-hetero) is 1. The molecule has 0 aromatic carbocycles. The quantitative estimate of drug-likeness (QED) is 0.385. The number of nitrogens with zero attached hydrogens (tertiary/aromatic N) is 1. The summed E-state index contributed by atoms with van der Waals surface area (Å²) in [4.78, 5) is 26.6. The highest BCUT2D eigenvalue weighted by Crippen LogP contribution is 2.32. The minimum Gasteiger partial charge on any atom is -0.478 e. The van der Waals surface area contributed by atoms with Crippen LogP contribution in [0.1, 0.15) is 18.4 Å². The minimum atomic E-state index is -1.20. The Morgan fingerprint density at radius 1 is 1.47 bits per heavy atom. The van der Waals surface area contributed by atoms with E-state index in [1.807, 2.05) is 0 Å². The molecule has 1 aliphatic carbocycles. The molecule has 1 saturated carbocycles. The standard InChI is InChI=1S/C12H10ClNO3/c13-10-6-7(3-4-14-10)5-9(12(16)17)11(15)8-1-2-8/h3-6,8H,1-2H2,(H,16,17). The Morgan fingerprint density at radius 2 is 2.18 bits per heavy atom. The van der Waals surface area contributed by atoms with Crippen LogP contribution in [0.15, 0.2) is 23.9 Å². The Balaban J connectivity index is 2.32. The number of carboxylic acid groups (broad SMARTS) is 1. The molecule has 0 saturated heterocycles. The predicted molar refractivity (Wildman–Crippen MR) is 62.6 cm³/mol. The molecule has 1 fully saturated rings. The summed E-state index contributed by atoms with van der Waals surface area (Å²) in [5.41, 5.74) is 0.381. The van der Waals surface area contributed by atoms with E-state index in [0.717, 1.165) is 12.8 Å². The molecule has 0 atom stereocenters. The van der Waals surface area contributed by atoms with Crippen LogP contribution in [0.2, 0.25) is 5.15 Å². The first-order valence-corrected chi connectivity index (χ1v) is 5.56. The number of carbonyl (C=O) groups excluding carboxylic acids is 1. The summed E-state index contributed by atoms with van der Waals surface area (Å²) in [6.45, 7) is 0. The molecule has 1 heterocycles. The first kappa shape index (κ1) is 11.8. The molecule has 1 N–H and O–H groups in total. The maximum atomic E-state index is 11.7. The topological polar surface area (TPSA) is 67.3 Å². The fraction of sp³-hybridized carbons (Fsp3) is 0.250. The van der Waals surface area contributed by atoms with Crippen molar-refractivity contribution in [3.8, 4) is 0 Å². The zero-order valence-electron chi connectivity index (χ0n) is 8.89. The molecule has 0 aliphatic heterocycles. The van der Waals surface area contributed by atoms with Gasteiger partial charge >= 0.3 is 5.97 Å². The van der Waals surface area contributed by atoms with Gasteiger partial charge in [0.1, 0.15) is 10.7 Å². The number of carbonyl (C=O) groups is 2. The van der Waals surface area contributed by atoms with Crippen LogP contribution < -0.4 is 0 Å². The first-order valence-electron chi connectivity index (χ1n) is 5.18. The molecule has 0 unspecified atom stereocenters. The predicted octanol–water partition coefficient (Wildman–Crippen LogP) is 2.18. The van der Waals surface area contributed by atoms with Gasteiger partial charge in [0.2, 0.25) is 0 Å². The summed E-state index contributed by atoms with van der Waals surface area (Å²) in [7, 11) is 0. The van der Waals surface area contributed by atoms with Crippen LogP contribution in [-0.2, 0) is 9.59 Å². The van der Waals surface area contributed by atoms with Crippen molar-refractivity contribution in [2.24, 2.45) is 5.92 Å². The van der Waals surface area contributed by atoms with E-state index in [4.69, 9.17) is 16.7 Å². The maximum Gasteiger partial charge on any atom is 0.339 e. The fourth-order valence-corrected chi connectivity index (χ4v) is 1.66. The monoisotopic (exact) mass is 251 g/mol. The molecule has 0 amide bonds. The highest BCUT2D eigenvalue weighted by Gasteiger charge is 2.34. The Hall–Kier alpha value is -1.68. The van der Waals surface area contributed by atoms with Gasteiger partial charge in [-0.2, -0.15) is 0 Å². The summed E-state index contributed by atoms with van der Waals surface area (Å²) >= 11 is 5.69. The van der Waals surface area contributed by atoms with Crippen molar-refractivity contribution in [1.29, 1.82) is 0 Å². The van der Waals surface area contributed by atoms with Crippen LogP contribution in [0, 0.1) is 5.92 Å². The number of halogens is 1. The number of ketones is 1. The van der Waals surface area contributed by atoms with E-state index >= 15 is 0 Å². The average Bonchev–Trinajstić information content (AvgIpc) is 3.08. The maximum absolute atomic E-state index is 11.7. The van der Waals surface area contributed by atoms with Crippen LogP contribution in [0.3, 0.4) is 0 Å². The van der Waals surface area contributed by atoms with Gasteiger partial charge in [0, 0.05) is 12.1 Å². The van der Waals surface area contributed by atoms with Gasteiger partial charge < -0.3 is 5.11 Å². The third kappa shape index (κ3) is 2.91. The van der Waals surface area contributed by atoms with E-state index in [-0.39, 0.29) is 22.4 Å². The Morgan fingerprint density at radius 3 is 2.71 bits per heavy atom. The Bertz CT molecular complexity index is 506. The lowest BCUT2D eigenvalue weighted by Crippen LogP contribution is -2.13. The number of hydrogen-bond donors (Lipinski definition) is 1. The van der Waals surface area contributed by atoms with Crippen molar-refractivity contribution in [1.82, 2.24) is 4.98 Å². The summed E-state index contributed by atoms with van der Waals surface area (Å²) < 4.78 is 0. The average molecular weight is 252 g/mol. The Labute approximate surface area is 103 Å². The summed E-state index contributed by atoms with van der Waals surface area (Å²) in [6, 6.07) is 3.12. The van der Waals surface area contributed by atoms with Gasteiger partial charge in [-0.3, -0.25) is 4.79 Å². The molecule has 2 rings (SSSR count). The van der Waals surface area contributed by atoms with Crippen molar-refractivity contribution in [3.05, 3.63) is 34.6 Å². The van der Waals surface area contributed by atoms with Gasteiger partial charge in [-0.25, -0.2) is 9.78 Å². The summed E-state index contributed by atoms with van der Waals surface area (Å²) in [5, 5.41) is 9.28. The molecule has 1 aliphatic rings. The number of aromatic nitrogens is 1. The number of rotatable bonds is 4. The number of aliphatic carboxylic acids is 1. The lowest BCUT2D eigenvalue weighted by molar-refractivity contribution is -0.134. The molecule has 0 radical (unpaired) electrons. The van der Waals surface area contributed by atoms with E-state index in [1.54, 1.807) is 6.07 Å². The SMILES string of the molecule is O=C(O)C(=Cc1ccnc(Cl)c1)C(=O)C1CC1. The van der Waals surface area contributed by atoms with Gasteiger partial charge in [-0.1, -0.05) is 11.6 Å². The van der Waals surface area contributed by atoms with Gasteiger partial charge in [-0.05, 0) is 36.6 Å². The second-order valence-electron chi connectivity index (χ2n) is 3.91. The first-order chi connectivity index (χ1) is 8.08. The lowest BCUT2D eigenvalue weighted by Gasteiger charge is -2.00. The van der Waals surface area contributed by atoms with E-state index in [2.05, 4.69) is 4.98 Å². The van der Waals surface area contributed by atoms with Crippen molar-refractivity contribution in [2.75, 3.05) is 0 Å². The van der Waals surface area contributed by atoms with Crippen molar-refractivity contribution in [2.45, 2.75) is 12.8 Å². The van der Waals surface area contributed by atoms with Gasteiger partial charge in [0.25, 0.3) is 0 Å². The minimum absolute atomic E-state index is 0.116. The fourth-order valence-electron chi connectivity index (χ4n) is 1.48. The Kier molecular flexibility index (Phi) is 3.24. The lowest BCUT2D eigenvalue weighted by atomic mass is 10.0. The van der Waals surface area contributed by atoms with Crippen LogP contribution >= 0.6 is 11.6 Å². The van der Waals surface area contributed by atoms with E-state index in [0.29, 0.717) is 5.56 Å². The van der Waals surface area contributed by atoms with Crippen LogP contribution in [0.25, 0.3) is 6.08 Å². The third-order valence-corrected chi connectivity index (χ3v) is 2.71. The molecule has 1 aromatic rings. The van der Waals surface area contributed by atoms with Gasteiger partial charge in [0.15, 0.2) is 5.78 Å². The molecule has 88 valence electrons. The smallest absolute Gasteiger partial charge is 0.339 e. The molecule has 0 bridgehead atoms. The zero-order chi connectivity index (χ0) is 12.4. The van der Waals surface area contributed by atoms with Crippen molar-refractivity contribution in [3.63, 3.8) is 0 Å². The summed E-state index contributed by atoms with van der Waals surface area (Å²) in [6.07, 6.45) is 4.37. The second-order valence-corrected chi connectivity index (χ2v) is 4.30. The molecule has 1 aromatic heterocycles. The molecule has 4 nitrogen and oxygen atoms in total. The molecule has 5 heteroatoms. The van der Waals surface area contributed by atoms with Gasteiger partial charge in [0.05, 0.1) is 0 Å². The largest absolute Gasteiger partial charge is 0.478 e. The zero-order valence-corrected chi connectivity index (χ0v) is 9.65. The molecular formula is C12H10ClNO3. The van der Waals surface area contributed by atoms with Crippen LogP contribution in [0.4, 0.5) is 0 Å². The van der Waals surface area contributed by atoms with E-state index in [1.165, 1.54) is 18.3 Å². The third-order valence-electron chi connectivity index (χ3n) is 2.51. The number of carboxylic acids is 1. The highest BCUT2D eigenvalue weighted by atomic mass is 35.5.